The average Bonchev–Trinajstić information content (AvgIpc) is 2.47. The number of hydrogen-bond acceptors (Lipinski definition) is 0. The molecule has 0 spiro atoms. The number of rotatable bonds is 3. The molecule has 0 N–H and O–H groups in total. The third kappa shape index (κ3) is 2.97. The fraction of sp³-hybridized carbons (Fsp3) is 0.286. The van der Waals surface area contributed by atoms with Gasteiger partial charge in [0, 0.05) is 0 Å². The van der Waals surface area contributed by atoms with Gasteiger partial charge in [-0.3, -0.25) is 0 Å². The van der Waals surface area contributed by atoms with Crippen molar-refractivity contribution >= 4 is 30.6 Å². The summed E-state index contributed by atoms with van der Waals surface area (Å²) in [5.74, 6) is 0. The number of allylic oxidation sites excluding steroid dienone is 3. The van der Waals surface area contributed by atoms with E-state index in [-0.39, 0.29) is 20.9 Å². The molecule has 1 heterocycles. The molecule has 0 atom stereocenters. The zero-order valence-corrected chi connectivity index (χ0v) is 11.4. The zero-order valence-electron chi connectivity index (χ0n) is 9.07. The minimum absolute atomic E-state index is 0.102. The topological polar surface area (TPSA) is 0 Å². The van der Waals surface area contributed by atoms with E-state index in [9.17, 15) is 0 Å². The molecule has 0 bridgehead atoms. The van der Waals surface area contributed by atoms with Gasteiger partial charge in [-0.2, -0.15) is 0 Å². The van der Waals surface area contributed by atoms with Gasteiger partial charge in [0.05, 0.1) is 0 Å². The summed E-state index contributed by atoms with van der Waals surface area (Å²) in [4.78, 5) is 0. The molecule has 0 fully saturated rings. The van der Waals surface area contributed by atoms with E-state index in [1.54, 1.807) is 7.23 Å². The summed E-state index contributed by atoms with van der Waals surface area (Å²) in [6, 6.07) is 8.83. The van der Waals surface area contributed by atoms with Gasteiger partial charge in [0.25, 0.3) is 0 Å². The Bertz CT molecular complexity index is 388. The molecule has 1 heteroatoms. The summed E-state index contributed by atoms with van der Waals surface area (Å²) >= 11 is -0.102. The van der Waals surface area contributed by atoms with E-state index in [2.05, 4.69) is 49.4 Å². The van der Waals surface area contributed by atoms with Crippen LogP contribution in [0.5, 0.6) is 0 Å². The number of benzene rings is 1. The maximum atomic E-state index is 2.35. The molecule has 1 aromatic rings. The molecule has 0 amide bonds. The van der Waals surface area contributed by atoms with Crippen LogP contribution in [-0.2, 0) is 0 Å². The summed E-state index contributed by atoms with van der Waals surface area (Å²) in [6.07, 6.45) is 10.8. The average molecular weight is 312 g/mol. The second-order valence-corrected chi connectivity index (χ2v) is 7.07. The van der Waals surface area contributed by atoms with Crippen LogP contribution >= 0.6 is 0 Å². The van der Waals surface area contributed by atoms with Crippen molar-refractivity contribution in [2.24, 2.45) is 0 Å². The van der Waals surface area contributed by atoms with Gasteiger partial charge < -0.3 is 0 Å². The van der Waals surface area contributed by atoms with E-state index in [0.717, 1.165) is 0 Å². The molecule has 0 aromatic heterocycles. The second-order valence-electron chi connectivity index (χ2n) is 3.74. The first-order chi connectivity index (χ1) is 7.40. The van der Waals surface area contributed by atoms with Crippen molar-refractivity contribution in [3.05, 3.63) is 45.6 Å². The predicted octanol–water partition coefficient (Wildman–Crippen LogP) is 3.12. The third-order valence-electron chi connectivity index (χ3n) is 2.49. The molecule has 0 nitrogen and oxygen atoms in total. The van der Waals surface area contributed by atoms with Gasteiger partial charge in [-0.1, -0.05) is 0 Å². The van der Waals surface area contributed by atoms with Crippen molar-refractivity contribution in [2.75, 3.05) is 0 Å². The standard InChI is InChI=1S/C14H16Te/c1-2-3-9-13-10-6-8-12-7-4-5-11-14(12)15-13/h4-8,10-11H,2-3,9H2,1H3. The molecule has 1 aromatic carbocycles. The van der Waals surface area contributed by atoms with Crippen LogP contribution in [-0.4, -0.2) is 20.9 Å². The SMILES string of the molecule is CCCCC1=CC=Cc2ccccc2[Te]1. The van der Waals surface area contributed by atoms with E-state index in [1.807, 2.05) is 0 Å². The zero-order chi connectivity index (χ0) is 10.5. The fourth-order valence-corrected chi connectivity index (χ4v) is 4.70. The van der Waals surface area contributed by atoms with Gasteiger partial charge in [-0.25, -0.2) is 0 Å². The van der Waals surface area contributed by atoms with Crippen molar-refractivity contribution < 1.29 is 0 Å². The van der Waals surface area contributed by atoms with Crippen LogP contribution in [0.25, 0.3) is 6.08 Å². The normalized spacial score (nSPS) is 14.3. The van der Waals surface area contributed by atoms with Crippen LogP contribution in [0.1, 0.15) is 31.7 Å². The molecule has 1 aliphatic heterocycles. The molecule has 15 heavy (non-hydrogen) atoms. The van der Waals surface area contributed by atoms with E-state index in [4.69, 9.17) is 0 Å². The van der Waals surface area contributed by atoms with Gasteiger partial charge in [0.15, 0.2) is 0 Å². The van der Waals surface area contributed by atoms with Gasteiger partial charge in [0.1, 0.15) is 0 Å². The molecule has 0 saturated carbocycles. The Hall–Kier alpha value is -0.510. The van der Waals surface area contributed by atoms with Crippen molar-refractivity contribution in [1.29, 1.82) is 0 Å². The Balaban J connectivity index is 2.16. The van der Waals surface area contributed by atoms with E-state index in [1.165, 1.54) is 24.8 Å². The Morgan fingerprint density at radius 1 is 1.20 bits per heavy atom. The van der Waals surface area contributed by atoms with Gasteiger partial charge >= 0.3 is 102 Å². The Morgan fingerprint density at radius 2 is 2.07 bits per heavy atom. The maximum absolute atomic E-state index is 2.35. The summed E-state index contributed by atoms with van der Waals surface area (Å²) in [7, 11) is 0. The van der Waals surface area contributed by atoms with Gasteiger partial charge in [0.2, 0.25) is 0 Å². The van der Waals surface area contributed by atoms with Gasteiger partial charge in [-0.05, 0) is 0 Å². The van der Waals surface area contributed by atoms with Crippen LogP contribution in [0.15, 0.2) is 40.0 Å². The van der Waals surface area contributed by atoms with E-state index in [0.29, 0.717) is 0 Å². The number of fused-ring (bicyclic) bond motifs is 1. The molecule has 1 aliphatic rings. The second kappa shape index (κ2) is 5.54. The van der Waals surface area contributed by atoms with Crippen molar-refractivity contribution in [1.82, 2.24) is 0 Å². The van der Waals surface area contributed by atoms with Crippen LogP contribution in [0.2, 0.25) is 0 Å². The molecule has 78 valence electrons. The quantitative estimate of drug-likeness (QED) is 0.753. The monoisotopic (exact) mass is 314 g/mol. The first-order valence-corrected chi connectivity index (χ1v) is 7.87. The third-order valence-corrected chi connectivity index (χ3v) is 5.90. The van der Waals surface area contributed by atoms with Crippen molar-refractivity contribution in [3.63, 3.8) is 0 Å². The van der Waals surface area contributed by atoms with Crippen molar-refractivity contribution in [3.8, 4) is 0 Å². The minimum atomic E-state index is -0.102. The van der Waals surface area contributed by atoms with Gasteiger partial charge in [-0.15, -0.1) is 0 Å². The predicted molar refractivity (Wildman–Crippen MR) is 68.5 cm³/mol. The number of hydrogen-bond donors (Lipinski definition) is 0. The molecule has 0 aliphatic carbocycles. The molecule has 0 unspecified atom stereocenters. The van der Waals surface area contributed by atoms with Crippen LogP contribution in [0, 0.1) is 0 Å². The van der Waals surface area contributed by atoms with E-state index < -0.39 is 0 Å². The van der Waals surface area contributed by atoms with Crippen LogP contribution in [0.3, 0.4) is 0 Å². The number of unbranched alkanes of at least 4 members (excludes halogenated alkanes) is 1. The molecule has 0 radical (unpaired) electrons. The summed E-state index contributed by atoms with van der Waals surface area (Å²) in [5, 5.41) is 0. The molecular formula is C14H16Te. The fourth-order valence-electron chi connectivity index (χ4n) is 1.63. The Kier molecular flexibility index (Phi) is 4.06. The first kappa shape index (κ1) is 11.0. The molecule has 2 rings (SSSR count). The Morgan fingerprint density at radius 3 is 2.93 bits per heavy atom. The summed E-state index contributed by atoms with van der Waals surface area (Å²) in [5.41, 5.74) is 1.43. The summed E-state index contributed by atoms with van der Waals surface area (Å²) in [6.45, 7) is 2.27. The summed E-state index contributed by atoms with van der Waals surface area (Å²) < 4.78 is 3.29. The van der Waals surface area contributed by atoms with E-state index >= 15 is 0 Å². The van der Waals surface area contributed by atoms with Crippen LogP contribution < -0.4 is 3.61 Å². The Labute approximate surface area is 102 Å². The molecular weight excluding hydrogens is 296 g/mol. The van der Waals surface area contributed by atoms with Crippen LogP contribution in [0.4, 0.5) is 0 Å². The van der Waals surface area contributed by atoms with Crippen molar-refractivity contribution in [2.45, 2.75) is 26.2 Å². The molecule has 0 saturated heterocycles. The first-order valence-electron chi connectivity index (χ1n) is 5.54.